The predicted octanol–water partition coefficient (Wildman–Crippen LogP) is 4.64. The number of nitrogens with zero attached hydrogens (tertiary/aromatic N) is 2. The van der Waals surface area contributed by atoms with Crippen LogP contribution in [0.1, 0.15) is 49.8 Å². The molecule has 0 saturated heterocycles. The fourth-order valence-corrected chi connectivity index (χ4v) is 4.70. The Morgan fingerprint density at radius 2 is 1.78 bits per heavy atom. The highest BCUT2D eigenvalue weighted by molar-refractivity contribution is 7.10. The van der Waals surface area contributed by atoms with Crippen LogP contribution in [0.15, 0.2) is 66.2 Å². The molecule has 1 aliphatic rings. The number of fused-ring (bicyclic) bond motifs is 2. The molecule has 7 heteroatoms. The number of carbonyl (C=O) groups excluding carboxylic acids is 2. The quantitative estimate of drug-likeness (QED) is 0.455. The van der Waals surface area contributed by atoms with Crippen molar-refractivity contribution in [2.24, 2.45) is 0 Å². The monoisotopic (exact) mass is 440 g/mol. The SMILES string of the molecule is O=C(NNC(=O)c1c2c(nc3ccccc13)/C(=C/c1cccs1)CCC2)c1ccccn1. The first-order chi connectivity index (χ1) is 15.7. The normalized spacial score (nSPS) is 14.2. The molecule has 0 spiro atoms. The van der Waals surface area contributed by atoms with Crippen molar-refractivity contribution >= 4 is 45.7 Å². The largest absolute Gasteiger partial charge is 0.288 e. The lowest BCUT2D eigenvalue weighted by molar-refractivity contribution is 0.0844. The van der Waals surface area contributed by atoms with Gasteiger partial charge in [-0.15, -0.1) is 11.3 Å². The van der Waals surface area contributed by atoms with Gasteiger partial charge in [0, 0.05) is 16.5 Å². The fraction of sp³-hybridized carbons (Fsp3) is 0.120. The van der Waals surface area contributed by atoms with Gasteiger partial charge in [0.2, 0.25) is 0 Å². The van der Waals surface area contributed by atoms with E-state index in [2.05, 4.69) is 28.0 Å². The molecule has 32 heavy (non-hydrogen) atoms. The van der Waals surface area contributed by atoms with Crippen molar-refractivity contribution in [2.45, 2.75) is 19.3 Å². The number of benzene rings is 1. The average molecular weight is 441 g/mol. The Balaban J connectivity index is 1.54. The average Bonchev–Trinajstić information content (AvgIpc) is 3.35. The highest BCUT2D eigenvalue weighted by Crippen LogP contribution is 2.36. The van der Waals surface area contributed by atoms with Crippen molar-refractivity contribution in [3.8, 4) is 0 Å². The standard InChI is InChI=1S/C25H20N4O2S/c30-24(21-12-3-4-13-26-21)28-29-25(31)22-18-9-1-2-11-20(18)27-23-16(7-5-10-19(22)23)15-17-8-6-14-32-17/h1-4,6,8-9,11-15H,5,7,10H2,(H,28,30)(H,29,31)/b16-15+. The van der Waals surface area contributed by atoms with Gasteiger partial charge < -0.3 is 0 Å². The zero-order valence-electron chi connectivity index (χ0n) is 17.2. The van der Waals surface area contributed by atoms with Gasteiger partial charge in [-0.2, -0.15) is 0 Å². The van der Waals surface area contributed by atoms with E-state index in [0.717, 1.165) is 51.9 Å². The van der Waals surface area contributed by atoms with Crippen LogP contribution >= 0.6 is 11.3 Å². The highest BCUT2D eigenvalue weighted by atomic mass is 32.1. The topological polar surface area (TPSA) is 84.0 Å². The highest BCUT2D eigenvalue weighted by Gasteiger charge is 2.25. The lowest BCUT2D eigenvalue weighted by atomic mass is 9.86. The van der Waals surface area contributed by atoms with E-state index < -0.39 is 5.91 Å². The van der Waals surface area contributed by atoms with Crippen molar-refractivity contribution in [2.75, 3.05) is 0 Å². The Hall–Kier alpha value is -3.84. The summed E-state index contributed by atoms with van der Waals surface area (Å²) in [4.78, 5) is 35.8. The number of pyridine rings is 2. The fourth-order valence-electron chi connectivity index (χ4n) is 4.02. The maximum atomic E-state index is 13.3. The first kappa shape index (κ1) is 20.1. The van der Waals surface area contributed by atoms with Gasteiger partial charge in [0.1, 0.15) is 5.69 Å². The number of hydrogen-bond acceptors (Lipinski definition) is 5. The number of aromatic nitrogens is 2. The van der Waals surface area contributed by atoms with E-state index in [1.807, 2.05) is 35.7 Å². The van der Waals surface area contributed by atoms with Crippen LogP contribution in [0, 0.1) is 0 Å². The second-order valence-electron chi connectivity index (χ2n) is 7.49. The second-order valence-corrected chi connectivity index (χ2v) is 8.47. The Kier molecular flexibility index (Phi) is 5.47. The summed E-state index contributed by atoms with van der Waals surface area (Å²) in [5.41, 5.74) is 9.52. The van der Waals surface area contributed by atoms with Gasteiger partial charge in [-0.25, -0.2) is 4.98 Å². The van der Waals surface area contributed by atoms with Crippen molar-refractivity contribution < 1.29 is 9.59 Å². The molecule has 0 atom stereocenters. The molecule has 0 unspecified atom stereocenters. The van der Waals surface area contributed by atoms with E-state index in [4.69, 9.17) is 4.98 Å². The summed E-state index contributed by atoms with van der Waals surface area (Å²) in [5.74, 6) is -0.828. The molecule has 5 rings (SSSR count). The van der Waals surface area contributed by atoms with E-state index in [-0.39, 0.29) is 11.6 Å². The Labute approximate surface area is 189 Å². The molecule has 1 aromatic carbocycles. The molecule has 3 heterocycles. The number of rotatable bonds is 3. The van der Waals surface area contributed by atoms with Crippen molar-refractivity contribution in [3.05, 3.63) is 93.6 Å². The van der Waals surface area contributed by atoms with Crippen molar-refractivity contribution in [3.63, 3.8) is 0 Å². The summed E-state index contributed by atoms with van der Waals surface area (Å²) < 4.78 is 0. The molecule has 2 N–H and O–H groups in total. The molecule has 3 aromatic heterocycles. The summed E-state index contributed by atoms with van der Waals surface area (Å²) in [6, 6.07) is 16.8. The predicted molar refractivity (Wildman–Crippen MR) is 126 cm³/mol. The lowest BCUT2D eigenvalue weighted by Crippen LogP contribution is -2.42. The van der Waals surface area contributed by atoms with E-state index in [0.29, 0.717) is 5.56 Å². The third-order valence-corrected chi connectivity index (χ3v) is 6.26. The minimum absolute atomic E-state index is 0.232. The van der Waals surface area contributed by atoms with Gasteiger partial charge in [0.15, 0.2) is 0 Å². The summed E-state index contributed by atoms with van der Waals surface area (Å²) in [6.45, 7) is 0. The van der Waals surface area contributed by atoms with Crippen LogP contribution < -0.4 is 10.9 Å². The van der Waals surface area contributed by atoms with Gasteiger partial charge in [-0.3, -0.25) is 25.4 Å². The zero-order chi connectivity index (χ0) is 21.9. The lowest BCUT2D eigenvalue weighted by Gasteiger charge is -2.22. The first-order valence-corrected chi connectivity index (χ1v) is 11.3. The number of carbonyl (C=O) groups is 2. The van der Waals surface area contributed by atoms with Crippen LogP contribution in [0.25, 0.3) is 22.6 Å². The number of amides is 2. The molecule has 158 valence electrons. The molecular formula is C25H20N4O2S. The van der Waals surface area contributed by atoms with Gasteiger partial charge in [0.25, 0.3) is 11.8 Å². The van der Waals surface area contributed by atoms with Crippen molar-refractivity contribution in [1.82, 2.24) is 20.8 Å². The molecule has 1 aliphatic carbocycles. The van der Waals surface area contributed by atoms with Crippen molar-refractivity contribution in [1.29, 1.82) is 0 Å². The molecule has 0 fully saturated rings. The van der Waals surface area contributed by atoms with Crippen LogP contribution in [0.4, 0.5) is 0 Å². The second kappa shape index (κ2) is 8.72. The minimum Gasteiger partial charge on any atom is -0.267 e. The maximum Gasteiger partial charge on any atom is 0.288 e. The molecule has 2 amide bonds. The van der Waals surface area contributed by atoms with Crippen LogP contribution in [-0.4, -0.2) is 21.8 Å². The minimum atomic E-state index is -0.468. The molecule has 6 nitrogen and oxygen atoms in total. The molecule has 0 saturated carbocycles. The summed E-state index contributed by atoms with van der Waals surface area (Å²) in [7, 11) is 0. The number of hydrazine groups is 1. The van der Waals surface area contributed by atoms with Crippen LogP contribution in [0.3, 0.4) is 0 Å². The molecular weight excluding hydrogens is 420 g/mol. The van der Waals surface area contributed by atoms with E-state index in [9.17, 15) is 9.59 Å². The number of hydrogen-bond donors (Lipinski definition) is 2. The van der Waals surface area contributed by atoms with Gasteiger partial charge in [0.05, 0.1) is 16.8 Å². The third kappa shape index (κ3) is 3.90. The Morgan fingerprint density at radius 1 is 0.938 bits per heavy atom. The summed E-state index contributed by atoms with van der Waals surface area (Å²) in [5, 5.41) is 2.82. The van der Waals surface area contributed by atoms with Crippen LogP contribution in [0.5, 0.6) is 0 Å². The first-order valence-electron chi connectivity index (χ1n) is 10.4. The van der Waals surface area contributed by atoms with E-state index in [1.54, 1.807) is 29.5 Å². The molecule has 0 bridgehead atoms. The number of allylic oxidation sites excluding steroid dienone is 1. The van der Waals surface area contributed by atoms with Gasteiger partial charge in [-0.05, 0) is 66.1 Å². The number of thiophene rings is 1. The molecule has 0 aliphatic heterocycles. The van der Waals surface area contributed by atoms with Gasteiger partial charge in [-0.1, -0.05) is 30.3 Å². The summed E-state index contributed by atoms with van der Waals surface area (Å²) >= 11 is 1.68. The molecule has 4 aromatic rings. The van der Waals surface area contributed by atoms with E-state index in [1.165, 1.54) is 6.20 Å². The summed E-state index contributed by atoms with van der Waals surface area (Å²) in [6.07, 6.45) is 6.30. The number of para-hydroxylation sites is 1. The number of nitrogens with one attached hydrogen (secondary N) is 2. The maximum absolute atomic E-state index is 13.3. The van der Waals surface area contributed by atoms with Crippen LogP contribution in [-0.2, 0) is 6.42 Å². The van der Waals surface area contributed by atoms with E-state index >= 15 is 0 Å². The molecule has 0 radical (unpaired) electrons. The zero-order valence-corrected chi connectivity index (χ0v) is 18.0. The van der Waals surface area contributed by atoms with Gasteiger partial charge >= 0.3 is 0 Å². The smallest absolute Gasteiger partial charge is 0.267 e. The Bertz CT molecular complexity index is 1330. The van der Waals surface area contributed by atoms with Crippen LogP contribution in [0.2, 0.25) is 0 Å². The third-order valence-electron chi connectivity index (χ3n) is 5.44. The Morgan fingerprint density at radius 3 is 2.59 bits per heavy atom.